The van der Waals surface area contributed by atoms with E-state index in [2.05, 4.69) is 19.9 Å². The van der Waals surface area contributed by atoms with E-state index < -0.39 is 0 Å². The molecule has 3 nitrogen and oxygen atoms in total. The van der Waals surface area contributed by atoms with E-state index in [9.17, 15) is 0 Å². The van der Waals surface area contributed by atoms with Gasteiger partial charge in [-0.05, 0) is 36.1 Å². The second kappa shape index (κ2) is 5.75. The molecule has 0 aromatic heterocycles. The van der Waals surface area contributed by atoms with Crippen molar-refractivity contribution in [3.8, 4) is 11.5 Å². The second-order valence-corrected chi connectivity index (χ2v) is 4.20. The second-order valence-electron chi connectivity index (χ2n) is 4.20. The number of benzene rings is 1. The number of hydrogen-bond acceptors (Lipinski definition) is 3. The van der Waals surface area contributed by atoms with E-state index in [0.717, 1.165) is 11.5 Å². The Morgan fingerprint density at radius 1 is 1.12 bits per heavy atom. The quantitative estimate of drug-likeness (QED) is 0.833. The minimum absolute atomic E-state index is 0.361. The maximum atomic E-state index is 5.80. The van der Waals surface area contributed by atoms with Gasteiger partial charge in [0.25, 0.3) is 0 Å². The van der Waals surface area contributed by atoms with Crippen molar-refractivity contribution in [3.05, 3.63) is 23.8 Å². The van der Waals surface area contributed by atoms with Crippen molar-refractivity contribution in [3.63, 3.8) is 0 Å². The molecule has 0 fully saturated rings. The zero-order chi connectivity index (χ0) is 12.1. The van der Waals surface area contributed by atoms with Crippen molar-refractivity contribution >= 4 is 0 Å². The molecule has 1 atom stereocenters. The first-order valence-corrected chi connectivity index (χ1v) is 5.56. The molecule has 0 heterocycles. The molecule has 0 unspecified atom stereocenters. The lowest BCUT2D eigenvalue weighted by Gasteiger charge is -2.20. The van der Waals surface area contributed by atoms with Crippen molar-refractivity contribution < 1.29 is 9.47 Å². The zero-order valence-corrected chi connectivity index (χ0v) is 10.5. The van der Waals surface area contributed by atoms with E-state index >= 15 is 0 Å². The van der Waals surface area contributed by atoms with E-state index in [-0.39, 0.29) is 0 Å². The van der Waals surface area contributed by atoms with Crippen LogP contribution >= 0.6 is 0 Å². The van der Waals surface area contributed by atoms with Crippen LogP contribution in [0.5, 0.6) is 11.5 Å². The molecule has 0 aliphatic carbocycles. The molecule has 1 aromatic rings. The van der Waals surface area contributed by atoms with Gasteiger partial charge in [-0.1, -0.05) is 19.9 Å². The highest BCUT2D eigenvalue weighted by Gasteiger charge is 2.16. The first-order chi connectivity index (χ1) is 7.63. The summed E-state index contributed by atoms with van der Waals surface area (Å²) < 4.78 is 10.5. The predicted molar refractivity (Wildman–Crippen MR) is 66.2 cm³/mol. The first kappa shape index (κ1) is 12.8. The molecular formula is C13H21NO2. The molecule has 0 spiro atoms. The largest absolute Gasteiger partial charge is 0.493 e. The van der Waals surface area contributed by atoms with Gasteiger partial charge < -0.3 is 15.2 Å². The van der Waals surface area contributed by atoms with Crippen molar-refractivity contribution in [1.82, 2.24) is 0 Å². The summed E-state index contributed by atoms with van der Waals surface area (Å²) in [5.74, 6) is 2.40. The minimum atomic E-state index is 0.361. The fraction of sp³-hybridized carbons (Fsp3) is 0.538. The van der Waals surface area contributed by atoms with Crippen molar-refractivity contribution in [2.24, 2.45) is 11.7 Å². The average molecular weight is 223 g/mol. The maximum absolute atomic E-state index is 5.80. The predicted octanol–water partition coefficient (Wildman–Crippen LogP) is 2.40. The van der Waals surface area contributed by atoms with Gasteiger partial charge in [0.1, 0.15) is 0 Å². The van der Waals surface area contributed by atoms with Crippen LogP contribution in [-0.2, 0) is 0 Å². The van der Waals surface area contributed by atoms with Gasteiger partial charge >= 0.3 is 0 Å². The van der Waals surface area contributed by atoms with E-state index in [0.29, 0.717) is 18.4 Å². The Bertz CT molecular complexity index is 337. The molecule has 3 heteroatoms. The third kappa shape index (κ3) is 2.67. The molecule has 0 amide bonds. The van der Waals surface area contributed by atoms with Crippen molar-refractivity contribution in [2.75, 3.05) is 20.8 Å². The van der Waals surface area contributed by atoms with Crippen LogP contribution in [-0.4, -0.2) is 20.8 Å². The molecule has 16 heavy (non-hydrogen) atoms. The molecule has 1 aromatic carbocycles. The summed E-state index contributed by atoms with van der Waals surface area (Å²) >= 11 is 0. The highest BCUT2D eigenvalue weighted by atomic mass is 16.5. The maximum Gasteiger partial charge on any atom is 0.160 e. The summed E-state index contributed by atoms with van der Waals surface area (Å²) in [6.07, 6.45) is 0. The van der Waals surface area contributed by atoms with Gasteiger partial charge in [-0.15, -0.1) is 0 Å². The third-order valence-corrected chi connectivity index (χ3v) is 2.89. The number of nitrogens with two attached hydrogens (primary N) is 1. The van der Waals surface area contributed by atoms with Gasteiger partial charge in [0.15, 0.2) is 11.5 Å². The van der Waals surface area contributed by atoms with Gasteiger partial charge in [0.05, 0.1) is 14.2 Å². The molecule has 0 aliphatic rings. The fourth-order valence-corrected chi connectivity index (χ4v) is 1.88. The SMILES string of the molecule is COc1ccc([C@H](CN)C(C)C)cc1OC. The van der Waals surface area contributed by atoms with Crippen LogP contribution in [0.3, 0.4) is 0 Å². The molecule has 0 saturated heterocycles. The van der Waals surface area contributed by atoms with Gasteiger partial charge in [-0.3, -0.25) is 0 Å². The van der Waals surface area contributed by atoms with Crippen LogP contribution in [0.1, 0.15) is 25.3 Å². The van der Waals surface area contributed by atoms with E-state index in [4.69, 9.17) is 15.2 Å². The first-order valence-electron chi connectivity index (χ1n) is 5.56. The van der Waals surface area contributed by atoms with E-state index in [1.54, 1.807) is 14.2 Å². The molecule has 90 valence electrons. The lowest BCUT2D eigenvalue weighted by atomic mass is 9.88. The smallest absolute Gasteiger partial charge is 0.160 e. The number of hydrogen-bond donors (Lipinski definition) is 1. The third-order valence-electron chi connectivity index (χ3n) is 2.89. The number of rotatable bonds is 5. The highest BCUT2D eigenvalue weighted by Crippen LogP contribution is 2.32. The summed E-state index contributed by atoms with van der Waals surface area (Å²) in [5.41, 5.74) is 7.00. The Kier molecular flexibility index (Phi) is 4.62. The summed E-state index contributed by atoms with van der Waals surface area (Å²) in [4.78, 5) is 0. The van der Waals surface area contributed by atoms with Crippen LogP contribution in [0.4, 0.5) is 0 Å². The summed E-state index contributed by atoms with van der Waals surface area (Å²) in [5, 5.41) is 0. The van der Waals surface area contributed by atoms with Crippen molar-refractivity contribution in [1.29, 1.82) is 0 Å². The average Bonchev–Trinajstić information content (AvgIpc) is 2.29. The Labute approximate surface area is 97.6 Å². The number of ether oxygens (including phenoxy) is 2. The fourth-order valence-electron chi connectivity index (χ4n) is 1.88. The topological polar surface area (TPSA) is 44.5 Å². The Morgan fingerprint density at radius 2 is 1.75 bits per heavy atom. The summed E-state index contributed by atoms with van der Waals surface area (Å²) in [6, 6.07) is 5.99. The van der Waals surface area contributed by atoms with Gasteiger partial charge in [-0.2, -0.15) is 0 Å². The highest BCUT2D eigenvalue weighted by molar-refractivity contribution is 5.44. The minimum Gasteiger partial charge on any atom is -0.493 e. The summed E-state index contributed by atoms with van der Waals surface area (Å²) in [6.45, 7) is 5.00. The van der Waals surface area contributed by atoms with Gasteiger partial charge in [0, 0.05) is 0 Å². The van der Waals surface area contributed by atoms with Gasteiger partial charge in [-0.25, -0.2) is 0 Å². The van der Waals surface area contributed by atoms with E-state index in [1.165, 1.54) is 5.56 Å². The normalized spacial score (nSPS) is 12.6. The summed E-state index contributed by atoms with van der Waals surface area (Å²) in [7, 11) is 3.29. The Hall–Kier alpha value is -1.22. The molecule has 2 N–H and O–H groups in total. The zero-order valence-electron chi connectivity index (χ0n) is 10.5. The van der Waals surface area contributed by atoms with Crippen LogP contribution in [0, 0.1) is 5.92 Å². The van der Waals surface area contributed by atoms with Crippen LogP contribution < -0.4 is 15.2 Å². The van der Waals surface area contributed by atoms with Crippen molar-refractivity contribution in [2.45, 2.75) is 19.8 Å². The number of methoxy groups -OCH3 is 2. The van der Waals surface area contributed by atoms with Gasteiger partial charge in [0.2, 0.25) is 0 Å². The molecule has 0 bridgehead atoms. The van der Waals surface area contributed by atoms with E-state index in [1.807, 2.05) is 12.1 Å². The Morgan fingerprint density at radius 3 is 2.19 bits per heavy atom. The molecule has 0 aliphatic heterocycles. The molecule has 0 saturated carbocycles. The van der Waals surface area contributed by atoms with Crippen LogP contribution in [0.15, 0.2) is 18.2 Å². The lowest BCUT2D eigenvalue weighted by Crippen LogP contribution is -2.17. The lowest BCUT2D eigenvalue weighted by molar-refractivity contribution is 0.353. The van der Waals surface area contributed by atoms with Crippen LogP contribution in [0.25, 0.3) is 0 Å². The molecule has 0 radical (unpaired) electrons. The molecule has 1 rings (SSSR count). The van der Waals surface area contributed by atoms with Crippen LogP contribution in [0.2, 0.25) is 0 Å². The standard InChI is InChI=1S/C13H21NO2/c1-9(2)11(8-14)10-5-6-12(15-3)13(7-10)16-4/h5-7,9,11H,8,14H2,1-4H3/t11-/m1/s1. The monoisotopic (exact) mass is 223 g/mol. The Balaban J connectivity index is 3.06. The molecular weight excluding hydrogens is 202 g/mol.